The van der Waals surface area contributed by atoms with Crippen LogP contribution in [0.25, 0.3) is 24.3 Å². The second-order valence-corrected chi connectivity index (χ2v) is 3.42. The average molecular weight is 258 g/mol. The molecule has 0 atom stereocenters. The molecule has 0 saturated heterocycles. The zero-order valence-corrected chi connectivity index (χ0v) is 13.6. The van der Waals surface area contributed by atoms with Crippen molar-refractivity contribution in [3.63, 3.8) is 0 Å². The maximum absolute atomic E-state index is 3.82. The van der Waals surface area contributed by atoms with E-state index < -0.39 is 0 Å². The van der Waals surface area contributed by atoms with E-state index in [4.69, 9.17) is 0 Å². The summed E-state index contributed by atoms with van der Waals surface area (Å²) in [6.45, 7) is 19.8. The van der Waals surface area contributed by atoms with Crippen molar-refractivity contribution in [1.29, 1.82) is 0 Å². The molecule has 0 heterocycles. The predicted octanol–water partition coefficient (Wildman–Crippen LogP) is 5.02. The van der Waals surface area contributed by atoms with Gasteiger partial charge in [0, 0.05) is 0 Å². The highest BCUT2D eigenvalue weighted by Gasteiger charge is 1.95. The van der Waals surface area contributed by atoms with E-state index in [1.165, 1.54) is 10.4 Å². The summed E-state index contributed by atoms with van der Waals surface area (Å²) in [6.07, 6.45) is 9.16. The summed E-state index contributed by atoms with van der Waals surface area (Å²) >= 11 is 0. The highest BCUT2D eigenvalue weighted by molar-refractivity contribution is 5.64. The maximum atomic E-state index is 3.82. The zero-order chi connectivity index (χ0) is 15.3. The molecule has 0 spiro atoms. The second kappa shape index (κ2) is 12.9. The standard InChI is InChI=1S/C15H18.2C2H6/c1-5-9-15-11-13(7-3)12(6-2)10-14(15)8-4;2*1-2/h6-11H,2-3,5H2,1,4H3;2*1-2H3/b14-8-,15-9-;;. The third kappa shape index (κ3) is 6.24. The van der Waals surface area contributed by atoms with Crippen molar-refractivity contribution < 1.29 is 0 Å². The highest BCUT2D eigenvalue weighted by Crippen LogP contribution is 2.06. The fourth-order valence-corrected chi connectivity index (χ4v) is 1.67. The van der Waals surface area contributed by atoms with Crippen LogP contribution in [0.2, 0.25) is 0 Å². The van der Waals surface area contributed by atoms with Gasteiger partial charge in [-0.05, 0) is 47.0 Å². The molecule has 0 aliphatic rings. The monoisotopic (exact) mass is 258 g/mol. The predicted molar refractivity (Wildman–Crippen MR) is 93.5 cm³/mol. The lowest BCUT2D eigenvalue weighted by Crippen LogP contribution is -2.25. The molecule has 0 amide bonds. The van der Waals surface area contributed by atoms with Gasteiger partial charge in [0.2, 0.25) is 0 Å². The van der Waals surface area contributed by atoms with Gasteiger partial charge in [0.05, 0.1) is 0 Å². The van der Waals surface area contributed by atoms with Crippen LogP contribution in [-0.4, -0.2) is 0 Å². The molecule has 1 aromatic rings. The van der Waals surface area contributed by atoms with Crippen molar-refractivity contribution in [1.82, 2.24) is 0 Å². The van der Waals surface area contributed by atoms with Crippen LogP contribution >= 0.6 is 0 Å². The van der Waals surface area contributed by atoms with Gasteiger partial charge in [0.25, 0.3) is 0 Å². The smallest absolute Gasteiger partial charge is 0.0184 e. The van der Waals surface area contributed by atoms with E-state index in [9.17, 15) is 0 Å². The van der Waals surface area contributed by atoms with Gasteiger partial charge in [-0.25, -0.2) is 0 Å². The lowest BCUT2D eigenvalue weighted by molar-refractivity contribution is 1.28. The van der Waals surface area contributed by atoms with Gasteiger partial charge >= 0.3 is 0 Å². The SMILES string of the molecule is C=Cc1cc(=C/C)/c(=C\CC)cc1C=C.CC.CC. The van der Waals surface area contributed by atoms with E-state index in [1.54, 1.807) is 0 Å². The van der Waals surface area contributed by atoms with E-state index in [1.807, 2.05) is 39.8 Å². The zero-order valence-electron chi connectivity index (χ0n) is 13.6. The molecule has 1 aromatic carbocycles. The molecule has 0 radical (unpaired) electrons. The molecule has 0 bridgehead atoms. The van der Waals surface area contributed by atoms with Crippen LogP contribution in [-0.2, 0) is 0 Å². The molecule has 0 aliphatic heterocycles. The Morgan fingerprint density at radius 3 is 1.63 bits per heavy atom. The van der Waals surface area contributed by atoms with Crippen molar-refractivity contribution in [2.45, 2.75) is 48.0 Å². The first-order valence-corrected chi connectivity index (χ1v) is 7.32. The summed E-state index contributed by atoms with van der Waals surface area (Å²) in [7, 11) is 0. The molecule has 0 heteroatoms. The molecule has 1 rings (SSSR count). The molecule has 0 aliphatic carbocycles. The number of hydrogen-bond acceptors (Lipinski definition) is 0. The molecular formula is C19H30. The van der Waals surface area contributed by atoms with Gasteiger partial charge in [-0.1, -0.05) is 72.1 Å². The molecule has 19 heavy (non-hydrogen) atoms. The van der Waals surface area contributed by atoms with Gasteiger partial charge in [0.1, 0.15) is 0 Å². The van der Waals surface area contributed by atoms with Crippen LogP contribution in [0.4, 0.5) is 0 Å². The maximum Gasteiger partial charge on any atom is -0.0184 e. The minimum Gasteiger partial charge on any atom is -0.0984 e. The molecule has 0 unspecified atom stereocenters. The number of benzene rings is 1. The Balaban J connectivity index is 0. The lowest BCUT2D eigenvalue weighted by atomic mass is 10.0. The summed E-state index contributed by atoms with van der Waals surface area (Å²) < 4.78 is 0. The Labute approximate surface area is 119 Å². The minimum absolute atomic E-state index is 1.05. The van der Waals surface area contributed by atoms with Crippen molar-refractivity contribution in [3.8, 4) is 0 Å². The fourth-order valence-electron chi connectivity index (χ4n) is 1.67. The van der Waals surface area contributed by atoms with Gasteiger partial charge in [-0.15, -0.1) is 0 Å². The van der Waals surface area contributed by atoms with E-state index in [-0.39, 0.29) is 0 Å². The summed E-state index contributed by atoms with van der Waals surface area (Å²) in [5.41, 5.74) is 2.29. The van der Waals surface area contributed by atoms with Crippen LogP contribution < -0.4 is 10.4 Å². The van der Waals surface area contributed by atoms with E-state index in [0.29, 0.717) is 0 Å². The third-order valence-electron chi connectivity index (χ3n) is 2.46. The van der Waals surface area contributed by atoms with Gasteiger partial charge in [0.15, 0.2) is 0 Å². The van der Waals surface area contributed by atoms with Gasteiger partial charge in [-0.3, -0.25) is 0 Å². The average Bonchev–Trinajstić information content (AvgIpc) is 2.51. The topological polar surface area (TPSA) is 0 Å². The molecule has 0 fully saturated rings. The first-order valence-electron chi connectivity index (χ1n) is 7.32. The number of rotatable bonds is 3. The third-order valence-corrected chi connectivity index (χ3v) is 2.46. The summed E-state index contributed by atoms with van der Waals surface area (Å²) in [5, 5.41) is 2.54. The fraction of sp³-hybridized carbons (Fsp3) is 0.368. The van der Waals surface area contributed by atoms with Crippen LogP contribution in [0.1, 0.15) is 59.1 Å². The Kier molecular flexibility index (Phi) is 13.4. The summed E-state index contributed by atoms with van der Waals surface area (Å²) in [6, 6.07) is 4.33. The Morgan fingerprint density at radius 2 is 1.32 bits per heavy atom. The molecule has 0 N–H and O–H groups in total. The number of hydrogen-bond donors (Lipinski definition) is 0. The second-order valence-electron chi connectivity index (χ2n) is 3.42. The van der Waals surface area contributed by atoms with Crippen LogP contribution in [0.15, 0.2) is 25.3 Å². The molecule has 0 aromatic heterocycles. The van der Waals surface area contributed by atoms with Crippen LogP contribution in [0.5, 0.6) is 0 Å². The van der Waals surface area contributed by atoms with Crippen molar-refractivity contribution in [3.05, 3.63) is 46.9 Å². The van der Waals surface area contributed by atoms with E-state index >= 15 is 0 Å². The van der Waals surface area contributed by atoms with Crippen LogP contribution in [0, 0.1) is 0 Å². The van der Waals surface area contributed by atoms with Crippen molar-refractivity contribution in [2.75, 3.05) is 0 Å². The quantitative estimate of drug-likeness (QED) is 0.714. The Morgan fingerprint density at radius 1 is 0.895 bits per heavy atom. The Hall–Kier alpha value is -1.56. The molecule has 106 valence electrons. The van der Waals surface area contributed by atoms with E-state index in [0.717, 1.165) is 17.5 Å². The Bertz CT molecular complexity index is 475. The normalized spacial score (nSPS) is 10.8. The first-order chi connectivity index (χ1) is 9.26. The minimum atomic E-state index is 1.05. The molecule has 0 nitrogen and oxygen atoms in total. The van der Waals surface area contributed by atoms with Crippen molar-refractivity contribution in [2.24, 2.45) is 0 Å². The summed E-state index contributed by atoms with van der Waals surface area (Å²) in [4.78, 5) is 0. The largest absolute Gasteiger partial charge is 0.0984 e. The summed E-state index contributed by atoms with van der Waals surface area (Å²) in [5.74, 6) is 0. The molecule has 0 saturated carbocycles. The highest BCUT2D eigenvalue weighted by atomic mass is 14.0. The van der Waals surface area contributed by atoms with E-state index in [2.05, 4.69) is 51.3 Å². The lowest BCUT2D eigenvalue weighted by Gasteiger charge is -2.01. The molecular weight excluding hydrogens is 228 g/mol. The van der Waals surface area contributed by atoms with Gasteiger partial charge < -0.3 is 0 Å². The van der Waals surface area contributed by atoms with Crippen LogP contribution in [0.3, 0.4) is 0 Å². The van der Waals surface area contributed by atoms with Gasteiger partial charge in [-0.2, -0.15) is 0 Å². The van der Waals surface area contributed by atoms with Crippen molar-refractivity contribution >= 4 is 24.3 Å². The first kappa shape index (κ1) is 19.8.